The van der Waals surface area contributed by atoms with E-state index in [1.54, 1.807) is 12.1 Å². The molecule has 0 unspecified atom stereocenters. The van der Waals surface area contributed by atoms with Crippen LogP contribution < -0.4 is 5.32 Å². The number of hydrogen-bond donors (Lipinski definition) is 1. The van der Waals surface area contributed by atoms with Crippen LogP contribution in [-0.2, 0) is 19.1 Å². The van der Waals surface area contributed by atoms with Crippen molar-refractivity contribution in [1.29, 1.82) is 5.26 Å². The van der Waals surface area contributed by atoms with E-state index in [1.165, 1.54) is 20.0 Å². The summed E-state index contributed by atoms with van der Waals surface area (Å²) in [5.74, 6) is -2.84. The molecule has 1 N–H and O–H groups in total. The van der Waals surface area contributed by atoms with Crippen LogP contribution in [0.2, 0.25) is 0 Å². The Morgan fingerprint density at radius 1 is 1.32 bits per heavy atom. The zero-order chi connectivity index (χ0) is 16.5. The molecule has 1 fully saturated rings. The second kappa shape index (κ2) is 6.26. The van der Waals surface area contributed by atoms with Gasteiger partial charge in [0.15, 0.2) is 5.57 Å². The third-order valence-corrected chi connectivity index (χ3v) is 3.96. The lowest BCUT2D eigenvalue weighted by molar-refractivity contribution is -0.222. The number of ether oxygens (including phenoxy) is 2. The summed E-state index contributed by atoms with van der Waals surface area (Å²) in [7, 11) is 0. The number of cyclic esters (lactones) is 2. The molecule has 22 heavy (non-hydrogen) atoms. The van der Waals surface area contributed by atoms with Crippen LogP contribution in [0, 0.1) is 14.9 Å². The molecule has 6 nitrogen and oxygen atoms in total. The topological polar surface area (TPSA) is 88.4 Å². The van der Waals surface area contributed by atoms with Gasteiger partial charge in [0.2, 0.25) is 0 Å². The van der Waals surface area contributed by atoms with Gasteiger partial charge in [-0.1, -0.05) is 15.9 Å². The summed E-state index contributed by atoms with van der Waals surface area (Å²) in [6.45, 7) is 2.94. The number of carbonyl (C=O) groups is 2. The summed E-state index contributed by atoms with van der Waals surface area (Å²) in [6.07, 6.45) is 1.19. The fourth-order valence-corrected chi connectivity index (χ4v) is 3.40. The number of carbonyl (C=O) groups excluding carboxylic acids is 2. The number of nitriles is 1. The first-order valence-electron chi connectivity index (χ1n) is 6.06. The molecule has 8 heteroatoms. The molecule has 0 radical (unpaired) electrons. The van der Waals surface area contributed by atoms with Crippen molar-refractivity contribution in [3.8, 4) is 6.07 Å². The smallest absolute Gasteiger partial charge is 0.350 e. The minimum absolute atomic E-state index is 0.262. The maximum atomic E-state index is 11.8. The van der Waals surface area contributed by atoms with Gasteiger partial charge in [0, 0.05) is 28.1 Å². The summed E-state index contributed by atoms with van der Waals surface area (Å²) >= 11 is 5.34. The SMILES string of the molecule is CC1(C)OC(=O)C(=CNc2c(I)cc(Br)cc2C#N)C(=O)O1. The Kier molecular flexibility index (Phi) is 4.77. The highest BCUT2D eigenvalue weighted by Gasteiger charge is 2.39. The Hall–Kier alpha value is -1.60. The fraction of sp³-hybridized carbons (Fsp3) is 0.214. The summed E-state index contributed by atoms with van der Waals surface area (Å²) in [5, 5.41) is 12.0. The largest absolute Gasteiger partial charge is 0.419 e. The van der Waals surface area contributed by atoms with E-state index in [1.807, 2.05) is 28.7 Å². The molecule has 0 spiro atoms. The Morgan fingerprint density at radius 3 is 2.45 bits per heavy atom. The van der Waals surface area contributed by atoms with Crippen LogP contribution in [0.15, 0.2) is 28.4 Å². The fourth-order valence-electron chi connectivity index (χ4n) is 1.73. The van der Waals surface area contributed by atoms with Crippen LogP contribution in [-0.4, -0.2) is 17.7 Å². The third-order valence-electron chi connectivity index (χ3n) is 2.65. The van der Waals surface area contributed by atoms with Gasteiger partial charge in [0.05, 0.1) is 11.3 Å². The molecule has 0 bridgehead atoms. The van der Waals surface area contributed by atoms with E-state index in [4.69, 9.17) is 14.7 Å². The normalized spacial score (nSPS) is 16.4. The van der Waals surface area contributed by atoms with E-state index in [-0.39, 0.29) is 5.57 Å². The summed E-state index contributed by atoms with van der Waals surface area (Å²) in [5.41, 5.74) is 0.597. The molecule has 1 aliphatic rings. The monoisotopic (exact) mass is 476 g/mol. The van der Waals surface area contributed by atoms with Gasteiger partial charge in [0.1, 0.15) is 6.07 Å². The van der Waals surface area contributed by atoms with E-state index in [0.717, 1.165) is 8.04 Å². The van der Waals surface area contributed by atoms with Gasteiger partial charge < -0.3 is 14.8 Å². The third kappa shape index (κ3) is 3.59. The van der Waals surface area contributed by atoms with Crippen molar-refractivity contribution < 1.29 is 19.1 Å². The number of esters is 2. The van der Waals surface area contributed by atoms with Gasteiger partial charge in [-0.3, -0.25) is 0 Å². The van der Waals surface area contributed by atoms with Crippen LogP contribution in [0.3, 0.4) is 0 Å². The zero-order valence-electron chi connectivity index (χ0n) is 11.6. The Labute approximate surface area is 148 Å². The first kappa shape index (κ1) is 16.8. The van der Waals surface area contributed by atoms with E-state index in [0.29, 0.717) is 11.3 Å². The van der Waals surface area contributed by atoms with Gasteiger partial charge >= 0.3 is 11.9 Å². The number of hydrogen-bond acceptors (Lipinski definition) is 6. The molecule has 0 atom stereocenters. The summed E-state index contributed by atoms with van der Waals surface area (Å²) < 4.78 is 11.5. The van der Waals surface area contributed by atoms with E-state index < -0.39 is 17.7 Å². The van der Waals surface area contributed by atoms with Gasteiger partial charge in [-0.05, 0) is 34.7 Å². The number of nitrogens with zero attached hydrogens (tertiary/aromatic N) is 1. The number of nitrogens with one attached hydrogen (secondary N) is 1. The van der Waals surface area contributed by atoms with Crippen molar-refractivity contribution in [1.82, 2.24) is 0 Å². The van der Waals surface area contributed by atoms with Crippen molar-refractivity contribution in [2.75, 3.05) is 5.32 Å². The van der Waals surface area contributed by atoms with Crippen LogP contribution in [0.5, 0.6) is 0 Å². The standard InChI is InChI=1S/C14H10BrIN2O4/c1-14(2)21-12(19)9(13(20)22-14)6-18-11-7(5-17)3-8(15)4-10(11)16/h3-4,6,18H,1-2H3. The predicted molar refractivity (Wildman–Crippen MR) is 89.5 cm³/mol. The maximum absolute atomic E-state index is 11.8. The van der Waals surface area contributed by atoms with Crippen LogP contribution >= 0.6 is 38.5 Å². The van der Waals surface area contributed by atoms with Gasteiger partial charge in [-0.25, -0.2) is 9.59 Å². The Morgan fingerprint density at radius 2 is 1.91 bits per heavy atom. The highest BCUT2D eigenvalue weighted by Crippen LogP contribution is 2.28. The zero-order valence-corrected chi connectivity index (χ0v) is 15.3. The average Bonchev–Trinajstić information content (AvgIpc) is 2.37. The van der Waals surface area contributed by atoms with Gasteiger partial charge in [0.25, 0.3) is 5.79 Å². The van der Waals surface area contributed by atoms with E-state index >= 15 is 0 Å². The first-order chi connectivity index (χ1) is 10.2. The highest BCUT2D eigenvalue weighted by molar-refractivity contribution is 14.1. The molecule has 0 aliphatic carbocycles. The molecule has 114 valence electrons. The molecule has 1 heterocycles. The molecular formula is C14H10BrIN2O4. The van der Waals surface area contributed by atoms with Crippen molar-refractivity contribution in [3.63, 3.8) is 0 Å². The molecule has 1 saturated heterocycles. The van der Waals surface area contributed by atoms with E-state index in [9.17, 15) is 9.59 Å². The highest BCUT2D eigenvalue weighted by atomic mass is 127. The number of rotatable bonds is 2. The molecule has 0 amide bonds. The second-order valence-electron chi connectivity index (χ2n) is 4.80. The van der Waals surface area contributed by atoms with Crippen molar-refractivity contribution in [2.45, 2.75) is 19.6 Å². The van der Waals surface area contributed by atoms with Gasteiger partial charge in [-0.2, -0.15) is 5.26 Å². The molecular weight excluding hydrogens is 467 g/mol. The van der Waals surface area contributed by atoms with Crippen molar-refractivity contribution >= 4 is 56.1 Å². The Bertz CT molecular complexity index is 715. The minimum atomic E-state index is -1.28. The lowest BCUT2D eigenvalue weighted by atomic mass is 10.2. The summed E-state index contributed by atoms with van der Waals surface area (Å²) in [6, 6.07) is 5.46. The van der Waals surface area contributed by atoms with E-state index in [2.05, 4.69) is 21.2 Å². The molecule has 1 aliphatic heterocycles. The summed E-state index contributed by atoms with van der Waals surface area (Å²) in [4.78, 5) is 23.7. The van der Waals surface area contributed by atoms with Crippen LogP contribution in [0.4, 0.5) is 5.69 Å². The lowest BCUT2D eigenvalue weighted by Gasteiger charge is -2.29. The number of benzene rings is 1. The van der Waals surface area contributed by atoms with Crippen molar-refractivity contribution in [3.05, 3.63) is 37.5 Å². The maximum Gasteiger partial charge on any atom is 0.350 e. The number of anilines is 1. The van der Waals surface area contributed by atoms with Gasteiger partial charge in [-0.15, -0.1) is 0 Å². The van der Waals surface area contributed by atoms with Crippen molar-refractivity contribution in [2.24, 2.45) is 0 Å². The lowest BCUT2D eigenvalue weighted by Crippen LogP contribution is -2.42. The molecule has 0 aromatic heterocycles. The minimum Gasteiger partial charge on any atom is -0.419 e. The van der Waals surface area contributed by atoms with Crippen LogP contribution in [0.25, 0.3) is 0 Å². The molecule has 0 saturated carbocycles. The second-order valence-corrected chi connectivity index (χ2v) is 6.88. The molecule has 1 aromatic rings. The van der Waals surface area contributed by atoms with Crippen LogP contribution in [0.1, 0.15) is 19.4 Å². The quantitative estimate of drug-likeness (QED) is 0.305. The molecule has 1 aromatic carbocycles. The predicted octanol–water partition coefficient (Wildman–Crippen LogP) is 3.06. The average molecular weight is 477 g/mol. The Balaban J connectivity index is 2.32. The number of halogens is 2. The molecule has 2 rings (SSSR count). The first-order valence-corrected chi connectivity index (χ1v) is 7.93.